The standard InChI is InChI=1S/C21H14F4O3/c22-19-12-15(21(23,24)25)7-8-18(19)14-4-2-6-17(11-14)28-16-5-1-3-13(9-16)10-20(26)27/h1-9,11-12H,10H2,(H,26,27). The number of halogens is 4. The molecule has 0 spiro atoms. The van der Waals surface area contributed by atoms with Crippen molar-refractivity contribution in [2.45, 2.75) is 12.6 Å². The van der Waals surface area contributed by atoms with E-state index in [9.17, 15) is 22.4 Å². The molecule has 0 heterocycles. The van der Waals surface area contributed by atoms with Gasteiger partial charge in [-0.05, 0) is 47.5 Å². The molecule has 0 unspecified atom stereocenters. The maximum atomic E-state index is 14.2. The van der Waals surface area contributed by atoms with E-state index in [1.54, 1.807) is 42.5 Å². The smallest absolute Gasteiger partial charge is 0.416 e. The Kier molecular flexibility index (Phi) is 5.35. The Morgan fingerprint density at radius 2 is 1.61 bits per heavy atom. The van der Waals surface area contributed by atoms with Crippen LogP contribution in [0.4, 0.5) is 17.6 Å². The first-order chi connectivity index (χ1) is 13.2. The number of ether oxygens (including phenoxy) is 1. The Bertz CT molecular complexity index is 1010. The number of aliphatic carboxylic acids is 1. The topological polar surface area (TPSA) is 46.5 Å². The summed E-state index contributed by atoms with van der Waals surface area (Å²) in [7, 11) is 0. The second kappa shape index (κ2) is 7.72. The van der Waals surface area contributed by atoms with Gasteiger partial charge in [-0.2, -0.15) is 13.2 Å². The van der Waals surface area contributed by atoms with Crippen LogP contribution < -0.4 is 4.74 Å². The van der Waals surface area contributed by atoms with Gasteiger partial charge in [0, 0.05) is 5.56 Å². The fraction of sp³-hybridized carbons (Fsp3) is 0.0952. The van der Waals surface area contributed by atoms with Crippen LogP contribution in [0.25, 0.3) is 11.1 Å². The van der Waals surface area contributed by atoms with Crippen molar-refractivity contribution >= 4 is 5.97 Å². The highest BCUT2D eigenvalue weighted by atomic mass is 19.4. The summed E-state index contributed by atoms with van der Waals surface area (Å²) in [6.45, 7) is 0. The van der Waals surface area contributed by atoms with Gasteiger partial charge in [0.05, 0.1) is 12.0 Å². The molecule has 0 fully saturated rings. The van der Waals surface area contributed by atoms with Crippen LogP contribution in [0.1, 0.15) is 11.1 Å². The lowest BCUT2D eigenvalue weighted by atomic mass is 10.0. The molecule has 7 heteroatoms. The molecule has 0 aliphatic carbocycles. The fourth-order valence-corrected chi connectivity index (χ4v) is 2.68. The third kappa shape index (κ3) is 4.68. The van der Waals surface area contributed by atoms with Crippen molar-refractivity contribution in [3.05, 3.63) is 83.7 Å². The first-order valence-corrected chi connectivity index (χ1v) is 8.18. The zero-order valence-electron chi connectivity index (χ0n) is 14.3. The summed E-state index contributed by atoms with van der Waals surface area (Å²) < 4.78 is 58.0. The molecule has 3 rings (SSSR count). The summed E-state index contributed by atoms with van der Waals surface area (Å²) in [6.07, 6.45) is -4.78. The maximum Gasteiger partial charge on any atom is 0.416 e. The minimum Gasteiger partial charge on any atom is -0.481 e. The fourth-order valence-electron chi connectivity index (χ4n) is 2.68. The minimum atomic E-state index is -4.62. The molecule has 144 valence electrons. The van der Waals surface area contributed by atoms with Gasteiger partial charge in [0.15, 0.2) is 0 Å². The summed E-state index contributed by atoms with van der Waals surface area (Å²) >= 11 is 0. The van der Waals surface area contributed by atoms with Crippen LogP contribution in [-0.4, -0.2) is 11.1 Å². The van der Waals surface area contributed by atoms with E-state index in [2.05, 4.69) is 0 Å². The first-order valence-electron chi connectivity index (χ1n) is 8.18. The van der Waals surface area contributed by atoms with Gasteiger partial charge in [-0.25, -0.2) is 4.39 Å². The van der Waals surface area contributed by atoms with Crippen LogP contribution >= 0.6 is 0 Å². The molecule has 0 bridgehead atoms. The molecular weight excluding hydrogens is 376 g/mol. The summed E-state index contributed by atoms with van der Waals surface area (Å²) in [5, 5.41) is 8.86. The first kappa shape index (κ1) is 19.4. The number of carbonyl (C=O) groups is 1. The number of benzene rings is 3. The van der Waals surface area contributed by atoms with Crippen LogP contribution in [0.15, 0.2) is 66.7 Å². The van der Waals surface area contributed by atoms with Gasteiger partial charge in [-0.3, -0.25) is 4.79 Å². The molecule has 3 nitrogen and oxygen atoms in total. The molecule has 3 aromatic carbocycles. The average molecular weight is 390 g/mol. The number of rotatable bonds is 5. The second-order valence-electron chi connectivity index (χ2n) is 6.04. The number of hydrogen-bond donors (Lipinski definition) is 1. The summed E-state index contributed by atoms with van der Waals surface area (Å²) in [5.41, 5.74) is -0.144. The molecular formula is C21H14F4O3. The Hall–Kier alpha value is -3.35. The van der Waals surface area contributed by atoms with Gasteiger partial charge in [0.25, 0.3) is 0 Å². The highest BCUT2D eigenvalue weighted by Gasteiger charge is 2.31. The molecule has 0 aliphatic heterocycles. The largest absolute Gasteiger partial charge is 0.481 e. The summed E-state index contributed by atoms with van der Waals surface area (Å²) in [4.78, 5) is 10.8. The van der Waals surface area contributed by atoms with E-state index in [1.165, 1.54) is 6.07 Å². The van der Waals surface area contributed by atoms with Crippen molar-refractivity contribution in [2.24, 2.45) is 0 Å². The van der Waals surface area contributed by atoms with Crippen LogP contribution in [0.3, 0.4) is 0 Å². The Morgan fingerprint density at radius 3 is 2.25 bits per heavy atom. The van der Waals surface area contributed by atoms with E-state index in [0.717, 1.165) is 12.1 Å². The molecule has 28 heavy (non-hydrogen) atoms. The molecule has 3 aromatic rings. The lowest BCUT2D eigenvalue weighted by Crippen LogP contribution is -2.05. The molecule has 0 radical (unpaired) electrons. The van der Waals surface area contributed by atoms with E-state index >= 15 is 0 Å². The van der Waals surface area contributed by atoms with Gasteiger partial charge in [0.1, 0.15) is 17.3 Å². The third-order valence-electron chi connectivity index (χ3n) is 3.93. The van der Waals surface area contributed by atoms with Crippen molar-refractivity contribution in [1.29, 1.82) is 0 Å². The van der Waals surface area contributed by atoms with Crippen molar-refractivity contribution < 1.29 is 32.2 Å². The van der Waals surface area contributed by atoms with Crippen molar-refractivity contribution in [2.75, 3.05) is 0 Å². The minimum absolute atomic E-state index is 0.0121. The van der Waals surface area contributed by atoms with Crippen LogP contribution in [0.5, 0.6) is 11.5 Å². The molecule has 1 N–H and O–H groups in total. The van der Waals surface area contributed by atoms with E-state index in [1.807, 2.05) is 0 Å². The summed E-state index contributed by atoms with van der Waals surface area (Å²) in [6, 6.07) is 15.1. The number of alkyl halides is 3. The van der Waals surface area contributed by atoms with Gasteiger partial charge < -0.3 is 9.84 Å². The Labute approximate surface area is 157 Å². The number of carboxylic acids is 1. The van der Waals surface area contributed by atoms with E-state index < -0.39 is 23.5 Å². The van der Waals surface area contributed by atoms with Gasteiger partial charge >= 0.3 is 12.1 Å². The van der Waals surface area contributed by atoms with Crippen LogP contribution in [0.2, 0.25) is 0 Å². The van der Waals surface area contributed by atoms with Crippen LogP contribution in [-0.2, 0) is 17.4 Å². The SMILES string of the molecule is O=C(O)Cc1cccc(Oc2cccc(-c3ccc(C(F)(F)F)cc3F)c2)c1. The van der Waals surface area contributed by atoms with E-state index in [0.29, 0.717) is 28.7 Å². The predicted molar refractivity (Wildman–Crippen MR) is 94.7 cm³/mol. The highest BCUT2D eigenvalue weighted by Crippen LogP contribution is 2.34. The Morgan fingerprint density at radius 1 is 0.929 bits per heavy atom. The highest BCUT2D eigenvalue weighted by molar-refractivity contribution is 5.70. The molecule has 0 saturated heterocycles. The zero-order chi connectivity index (χ0) is 20.3. The number of hydrogen-bond acceptors (Lipinski definition) is 2. The quantitative estimate of drug-likeness (QED) is 0.549. The maximum absolute atomic E-state index is 14.2. The van der Waals surface area contributed by atoms with Gasteiger partial charge in [-0.1, -0.05) is 30.3 Å². The van der Waals surface area contributed by atoms with E-state index in [4.69, 9.17) is 9.84 Å². The van der Waals surface area contributed by atoms with Crippen molar-refractivity contribution in [1.82, 2.24) is 0 Å². The molecule has 0 saturated carbocycles. The molecule has 0 atom stereocenters. The molecule has 0 aromatic heterocycles. The second-order valence-corrected chi connectivity index (χ2v) is 6.04. The lowest BCUT2D eigenvalue weighted by molar-refractivity contribution is -0.138. The summed E-state index contributed by atoms with van der Waals surface area (Å²) in [5.74, 6) is -1.24. The van der Waals surface area contributed by atoms with Gasteiger partial charge in [-0.15, -0.1) is 0 Å². The van der Waals surface area contributed by atoms with Crippen LogP contribution in [0, 0.1) is 5.82 Å². The molecule has 0 amide bonds. The predicted octanol–water partition coefficient (Wildman–Crippen LogP) is 5.93. The third-order valence-corrected chi connectivity index (χ3v) is 3.93. The Balaban J connectivity index is 1.86. The van der Waals surface area contributed by atoms with Crippen molar-refractivity contribution in [3.8, 4) is 22.6 Å². The zero-order valence-corrected chi connectivity index (χ0v) is 14.3. The lowest BCUT2D eigenvalue weighted by Gasteiger charge is -2.11. The average Bonchev–Trinajstić information content (AvgIpc) is 2.61. The molecule has 0 aliphatic rings. The van der Waals surface area contributed by atoms with Gasteiger partial charge in [0.2, 0.25) is 0 Å². The number of carboxylic acid groups (broad SMARTS) is 1. The normalized spacial score (nSPS) is 11.3. The van der Waals surface area contributed by atoms with Crippen molar-refractivity contribution in [3.63, 3.8) is 0 Å². The van der Waals surface area contributed by atoms with E-state index in [-0.39, 0.29) is 12.0 Å². The monoisotopic (exact) mass is 390 g/mol.